The highest BCUT2D eigenvalue weighted by molar-refractivity contribution is 5.96. The van der Waals surface area contributed by atoms with Gasteiger partial charge in [0, 0.05) is 18.5 Å². The molecule has 3 aromatic rings. The maximum absolute atomic E-state index is 14.4. The third-order valence-electron chi connectivity index (χ3n) is 3.31. The Morgan fingerprint density at radius 1 is 1.13 bits per heavy atom. The molecular weight excluding hydrogens is 297 g/mol. The summed E-state index contributed by atoms with van der Waals surface area (Å²) in [6.45, 7) is 0. The van der Waals surface area contributed by atoms with Crippen molar-refractivity contribution in [1.29, 1.82) is 0 Å². The molecule has 0 aliphatic carbocycles. The summed E-state index contributed by atoms with van der Waals surface area (Å²) in [6, 6.07) is 15.1. The minimum absolute atomic E-state index is 0.302. The van der Waals surface area contributed by atoms with Crippen LogP contribution in [0.5, 0.6) is 0 Å². The van der Waals surface area contributed by atoms with E-state index in [1.807, 2.05) is 6.07 Å². The highest BCUT2D eigenvalue weighted by Gasteiger charge is 2.20. The molecule has 23 heavy (non-hydrogen) atoms. The normalized spacial score (nSPS) is 10.3. The fraction of sp³-hybridized carbons (Fsp3) is 0.0588. The average Bonchev–Trinajstić information content (AvgIpc) is 3.10. The van der Waals surface area contributed by atoms with Gasteiger partial charge in [-0.05, 0) is 30.3 Å². The molecule has 0 aliphatic heterocycles. The van der Waals surface area contributed by atoms with Gasteiger partial charge in [0.1, 0.15) is 5.69 Å². The minimum Gasteiger partial charge on any atom is -0.452 e. The van der Waals surface area contributed by atoms with E-state index in [0.29, 0.717) is 17.1 Å². The molecule has 0 atom stereocenters. The smallest absolute Gasteiger partial charge is 0.418 e. The number of amides is 1. The third kappa shape index (κ3) is 2.91. The lowest BCUT2D eigenvalue weighted by Gasteiger charge is -2.21. The number of carbonyl (C=O) groups excluding carboxylic acids is 1. The second-order valence-corrected chi connectivity index (χ2v) is 4.73. The number of hydrogen-bond donors (Lipinski definition) is 0. The topological polar surface area (TPSA) is 47.4 Å². The van der Waals surface area contributed by atoms with Crippen molar-refractivity contribution in [2.75, 3.05) is 12.0 Å². The van der Waals surface area contributed by atoms with Crippen LogP contribution in [0.3, 0.4) is 0 Å². The quantitative estimate of drug-likeness (QED) is 0.736. The van der Waals surface area contributed by atoms with Gasteiger partial charge in [-0.25, -0.2) is 18.8 Å². The van der Waals surface area contributed by atoms with E-state index in [-0.39, 0.29) is 0 Å². The van der Waals surface area contributed by atoms with Gasteiger partial charge in [-0.3, -0.25) is 0 Å². The van der Waals surface area contributed by atoms with Gasteiger partial charge in [0.05, 0.1) is 18.5 Å². The van der Waals surface area contributed by atoms with Crippen molar-refractivity contribution in [3.8, 4) is 5.69 Å². The van der Waals surface area contributed by atoms with Gasteiger partial charge in [-0.2, -0.15) is 5.10 Å². The fourth-order valence-electron chi connectivity index (χ4n) is 2.26. The first-order valence-corrected chi connectivity index (χ1v) is 6.93. The van der Waals surface area contributed by atoms with Crippen LogP contribution in [-0.2, 0) is 4.74 Å². The zero-order chi connectivity index (χ0) is 16.2. The molecule has 0 N–H and O–H groups in total. The van der Waals surface area contributed by atoms with Crippen LogP contribution in [0.15, 0.2) is 67.0 Å². The van der Waals surface area contributed by atoms with Crippen molar-refractivity contribution in [2.45, 2.75) is 0 Å². The summed E-state index contributed by atoms with van der Waals surface area (Å²) >= 11 is 0. The van der Waals surface area contributed by atoms with Gasteiger partial charge in [0.15, 0.2) is 5.82 Å². The van der Waals surface area contributed by atoms with Crippen LogP contribution in [-0.4, -0.2) is 23.0 Å². The number of benzene rings is 2. The second kappa shape index (κ2) is 6.31. The number of anilines is 2. The standard InChI is InChI=1S/C17H14FN3O2/c1-23-17(22)21(13-6-3-2-4-7-13)14-8-9-16(15(18)12-14)20-11-5-10-19-20/h2-12H,1H3. The molecule has 1 aromatic heterocycles. The van der Waals surface area contributed by atoms with Crippen LogP contribution in [0, 0.1) is 5.82 Å². The Hall–Kier alpha value is -3.15. The van der Waals surface area contributed by atoms with Gasteiger partial charge in [-0.15, -0.1) is 0 Å². The van der Waals surface area contributed by atoms with Gasteiger partial charge in [0.2, 0.25) is 0 Å². The van der Waals surface area contributed by atoms with Gasteiger partial charge in [-0.1, -0.05) is 18.2 Å². The Morgan fingerprint density at radius 3 is 2.52 bits per heavy atom. The van der Waals surface area contributed by atoms with E-state index in [4.69, 9.17) is 4.74 Å². The molecule has 6 heteroatoms. The lowest BCUT2D eigenvalue weighted by Crippen LogP contribution is -2.25. The summed E-state index contributed by atoms with van der Waals surface area (Å²) in [4.78, 5) is 13.4. The van der Waals surface area contributed by atoms with Gasteiger partial charge >= 0.3 is 6.09 Å². The predicted octanol–water partition coefficient (Wildman–Crippen LogP) is 3.92. The van der Waals surface area contributed by atoms with Crippen molar-refractivity contribution in [3.05, 3.63) is 72.8 Å². The van der Waals surface area contributed by atoms with Crippen LogP contribution in [0.4, 0.5) is 20.6 Å². The van der Waals surface area contributed by atoms with E-state index >= 15 is 0 Å². The first-order chi connectivity index (χ1) is 11.2. The molecule has 2 aromatic carbocycles. The number of methoxy groups -OCH3 is 1. The van der Waals surface area contributed by atoms with Crippen molar-refractivity contribution in [3.63, 3.8) is 0 Å². The number of carbonyl (C=O) groups is 1. The van der Waals surface area contributed by atoms with Crippen molar-refractivity contribution in [2.24, 2.45) is 0 Å². The predicted molar refractivity (Wildman–Crippen MR) is 84.5 cm³/mol. The molecular formula is C17H14FN3O2. The molecule has 0 aliphatic rings. The molecule has 0 saturated carbocycles. The first-order valence-electron chi connectivity index (χ1n) is 6.93. The number of nitrogens with zero attached hydrogens (tertiary/aromatic N) is 3. The third-order valence-corrected chi connectivity index (χ3v) is 3.31. The van der Waals surface area contributed by atoms with Crippen molar-refractivity contribution in [1.82, 2.24) is 9.78 Å². The highest BCUT2D eigenvalue weighted by Crippen LogP contribution is 2.28. The molecule has 116 valence electrons. The molecule has 3 rings (SSSR count). The van der Waals surface area contributed by atoms with Gasteiger partial charge in [0.25, 0.3) is 0 Å². The van der Waals surface area contributed by atoms with E-state index in [9.17, 15) is 9.18 Å². The molecule has 0 spiro atoms. The SMILES string of the molecule is COC(=O)N(c1ccccc1)c1ccc(-n2cccn2)c(F)c1. The molecule has 0 radical (unpaired) electrons. The number of aromatic nitrogens is 2. The number of para-hydroxylation sites is 1. The van der Waals surface area contributed by atoms with E-state index in [1.165, 1.54) is 22.8 Å². The van der Waals surface area contributed by atoms with Crippen molar-refractivity contribution < 1.29 is 13.9 Å². The second-order valence-electron chi connectivity index (χ2n) is 4.73. The molecule has 1 amide bonds. The molecule has 1 heterocycles. The molecule has 5 nitrogen and oxygen atoms in total. The maximum atomic E-state index is 14.4. The lowest BCUT2D eigenvalue weighted by molar-refractivity contribution is 0.181. The highest BCUT2D eigenvalue weighted by atomic mass is 19.1. The van der Waals surface area contributed by atoms with Gasteiger partial charge < -0.3 is 4.74 Å². The van der Waals surface area contributed by atoms with Crippen LogP contribution < -0.4 is 4.90 Å². The van der Waals surface area contributed by atoms with Crippen LogP contribution in [0.1, 0.15) is 0 Å². The van der Waals surface area contributed by atoms with E-state index < -0.39 is 11.9 Å². The summed E-state index contributed by atoms with van der Waals surface area (Å²) < 4.78 is 20.6. The zero-order valence-electron chi connectivity index (χ0n) is 12.4. The summed E-state index contributed by atoms with van der Waals surface area (Å²) in [5, 5.41) is 4.00. The number of hydrogen-bond acceptors (Lipinski definition) is 3. The van der Waals surface area contributed by atoms with E-state index in [2.05, 4.69) is 5.10 Å². The number of rotatable bonds is 3. The summed E-state index contributed by atoms with van der Waals surface area (Å²) in [5.74, 6) is -0.490. The zero-order valence-corrected chi connectivity index (χ0v) is 12.4. The van der Waals surface area contributed by atoms with Crippen LogP contribution in [0.25, 0.3) is 5.69 Å². The first kappa shape index (κ1) is 14.8. The summed E-state index contributed by atoms with van der Waals surface area (Å²) in [5.41, 5.74) is 1.26. The number of ether oxygens (including phenoxy) is 1. The molecule has 0 bridgehead atoms. The van der Waals surface area contributed by atoms with Crippen LogP contribution >= 0.6 is 0 Å². The minimum atomic E-state index is -0.595. The summed E-state index contributed by atoms with van der Waals surface area (Å²) in [6.07, 6.45) is 2.62. The van der Waals surface area contributed by atoms with Crippen molar-refractivity contribution >= 4 is 17.5 Å². The van der Waals surface area contributed by atoms with Crippen LogP contribution in [0.2, 0.25) is 0 Å². The largest absolute Gasteiger partial charge is 0.452 e. The molecule has 0 fully saturated rings. The van der Waals surface area contributed by atoms with E-state index in [0.717, 1.165) is 0 Å². The van der Waals surface area contributed by atoms with E-state index in [1.54, 1.807) is 54.9 Å². The Morgan fingerprint density at radius 2 is 1.91 bits per heavy atom. The summed E-state index contributed by atoms with van der Waals surface area (Å²) in [7, 11) is 1.28. The average molecular weight is 311 g/mol. The Bertz CT molecular complexity index is 804. The fourth-order valence-corrected chi connectivity index (χ4v) is 2.26. The Kier molecular flexibility index (Phi) is 4.05. The molecule has 0 unspecified atom stereocenters. The Balaban J connectivity index is 2.04. The molecule has 0 saturated heterocycles. The number of halogens is 1. The Labute approximate surface area is 132 Å². The monoisotopic (exact) mass is 311 g/mol. The maximum Gasteiger partial charge on any atom is 0.418 e. The lowest BCUT2D eigenvalue weighted by atomic mass is 10.2.